The quantitative estimate of drug-likeness (QED) is 0.446. The number of benzene rings is 2. The molecule has 0 aliphatic carbocycles. The summed E-state index contributed by atoms with van der Waals surface area (Å²) in [7, 11) is 0. The standard InChI is InChI=1S/C13H8OSe/c15-13-9-5-1-3-7-11(9)14-12-8-4-2-6-10(12)13/h1-8H. The average molecular weight is 259 g/mol. The fourth-order valence-corrected chi connectivity index (χ4v) is 2.46. The Morgan fingerprint density at radius 1 is 0.733 bits per heavy atom. The summed E-state index contributed by atoms with van der Waals surface area (Å²) < 4.78 is 6.97. The van der Waals surface area contributed by atoms with Gasteiger partial charge in [0.05, 0.1) is 0 Å². The first-order valence-electron chi connectivity index (χ1n) is 4.77. The van der Waals surface area contributed by atoms with Crippen LogP contribution in [0, 0.1) is 4.06 Å². The molecule has 0 aliphatic rings. The summed E-state index contributed by atoms with van der Waals surface area (Å²) in [5, 5.41) is 2.27. The van der Waals surface area contributed by atoms with Gasteiger partial charge in [-0.2, -0.15) is 0 Å². The Kier molecular flexibility index (Phi) is 1.98. The summed E-state index contributed by atoms with van der Waals surface area (Å²) >= 11 is 3.13. The summed E-state index contributed by atoms with van der Waals surface area (Å²) in [6.07, 6.45) is 0. The van der Waals surface area contributed by atoms with Crippen LogP contribution in [0.1, 0.15) is 0 Å². The molecule has 0 fully saturated rings. The van der Waals surface area contributed by atoms with Crippen LogP contribution >= 0.6 is 0 Å². The Morgan fingerprint density at radius 3 is 1.73 bits per heavy atom. The van der Waals surface area contributed by atoms with Crippen LogP contribution in [0.4, 0.5) is 0 Å². The first-order valence-corrected chi connectivity index (χ1v) is 5.62. The Balaban J connectivity index is 2.66. The molecule has 3 rings (SSSR count). The molecule has 1 nitrogen and oxygen atoms in total. The topological polar surface area (TPSA) is 13.1 Å². The number of hydrogen-bond acceptors (Lipinski definition) is 1. The van der Waals surface area contributed by atoms with Crippen LogP contribution in [-0.4, -0.2) is 15.6 Å². The molecule has 0 saturated carbocycles. The van der Waals surface area contributed by atoms with Gasteiger partial charge in [0.15, 0.2) is 0 Å². The van der Waals surface area contributed by atoms with Gasteiger partial charge in [0.25, 0.3) is 0 Å². The van der Waals surface area contributed by atoms with Crippen LogP contribution in [0.2, 0.25) is 0 Å². The summed E-state index contributed by atoms with van der Waals surface area (Å²) in [5.74, 6) is 0. The maximum atomic E-state index is 5.81. The summed E-state index contributed by atoms with van der Waals surface area (Å²) in [6.45, 7) is 0. The van der Waals surface area contributed by atoms with Gasteiger partial charge in [-0.15, -0.1) is 0 Å². The molecule has 0 atom stereocenters. The fourth-order valence-electron chi connectivity index (χ4n) is 1.75. The first kappa shape index (κ1) is 8.90. The van der Waals surface area contributed by atoms with Gasteiger partial charge in [-0.25, -0.2) is 0 Å². The average Bonchev–Trinajstić information content (AvgIpc) is 2.30. The van der Waals surface area contributed by atoms with E-state index in [4.69, 9.17) is 4.42 Å². The van der Waals surface area contributed by atoms with Gasteiger partial charge in [-0.3, -0.25) is 0 Å². The zero-order chi connectivity index (χ0) is 10.3. The third-order valence-electron chi connectivity index (χ3n) is 2.48. The van der Waals surface area contributed by atoms with Gasteiger partial charge in [0.1, 0.15) is 0 Å². The van der Waals surface area contributed by atoms with E-state index in [1.165, 1.54) is 0 Å². The van der Waals surface area contributed by atoms with Crippen molar-refractivity contribution in [3.05, 3.63) is 52.6 Å². The zero-order valence-electron chi connectivity index (χ0n) is 7.94. The second-order valence-corrected chi connectivity index (χ2v) is 4.28. The third-order valence-corrected chi connectivity index (χ3v) is 3.41. The zero-order valence-corrected chi connectivity index (χ0v) is 9.65. The van der Waals surface area contributed by atoms with E-state index in [0.29, 0.717) is 0 Å². The molecule has 3 aromatic rings. The molecule has 72 valence electrons. The summed E-state index contributed by atoms with van der Waals surface area (Å²) in [4.78, 5) is 0. The SMILES string of the molecule is [Se]=c1c2ccccc2oc2ccccc12. The number of para-hydroxylation sites is 2. The Morgan fingerprint density at radius 2 is 1.20 bits per heavy atom. The van der Waals surface area contributed by atoms with Crippen LogP contribution in [-0.2, 0) is 0 Å². The number of fused-ring (bicyclic) bond motifs is 2. The van der Waals surface area contributed by atoms with Crippen molar-refractivity contribution in [3.8, 4) is 0 Å². The Labute approximate surface area is 94.7 Å². The van der Waals surface area contributed by atoms with Crippen molar-refractivity contribution >= 4 is 37.5 Å². The molecule has 0 spiro atoms. The van der Waals surface area contributed by atoms with Gasteiger partial charge < -0.3 is 0 Å². The van der Waals surface area contributed by atoms with Gasteiger partial charge in [-0.05, 0) is 0 Å². The minimum absolute atomic E-state index is 0.921. The van der Waals surface area contributed by atoms with Gasteiger partial charge >= 0.3 is 94.5 Å². The van der Waals surface area contributed by atoms with E-state index in [2.05, 4.69) is 27.7 Å². The van der Waals surface area contributed by atoms with Crippen LogP contribution in [0.15, 0.2) is 52.9 Å². The monoisotopic (exact) mass is 260 g/mol. The van der Waals surface area contributed by atoms with Crippen molar-refractivity contribution in [2.45, 2.75) is 0 Å². The van der Waals surface area contributed by atoms with Crippen molar-refractivity contribution in [2.24, 2.45) is 0 Å². The van der Waals surface area contributed by atoms with E-state index in [1.54, 1.807) is 0 Å². The van der Waals surface area contributed by atoms with E-state index in [9.17, 15) is 0 Å². The van der Waals surface area contributed by atoms with E-state index >= 15 is 0 Å². The molecule has 0 saturated heterocycles. The van der Waals surface area contributed by atoms with Crippen molar-refractivity contribution in [1.29, 1.82) is 0 Å². The van der Waals surface area contributed by atoms with Crippen LogP contribution in [0.3, 0.4) is 0 Å². The summed E-state index contributed by atoms with van der Waals surface area (Å²) in [5.41, 5.74) is 1.84. The van der Waals surface area contributed by atoms with Gasteiger partial charge in [0, 0.05) is 0 Å². The van der Waals surface area contributed by atoms with Crippen molar-refractivity contribution in [1.82, 2.24) is 0 Å². The third kappa shape index (κ3) is 1.34. The number of rotatable bonds is 0. The molecule has 0 bridgehead atoms. The fraction of sp³-hybridized carbons (Fsp3) is 0. The Hall–Kier alpha value is -1.37. The van der Waals surface area contributed by atoms with Crippen molar-refractivity contribution in [3.63, 3.8) is 0 Å². The molecular weight excluding hydrogens is 251 g/mol. The van der Waals surface area contributed by atoms with E-state index < -0.39 is 0 Å². The van der Waals surface area contributed by atoms with Crippen LogP contribution < -0.4 is 0 Å². The van der Waals surface area contributed by atoms with Crippen LogP contribution in [0.5, 0.6) is 0 Å². The molecule has 2 aromatic carbocycles. The van der Waals surface area contributed by atoms with E-state index in [-0.39, 0.29) is 0 Å². The molecule has 0 unspecified atom stereocenters. The van der Waals surface area contributed by atoms with Crippen molar-refractivity contribution in [2.75, 3.05) is 0 Å². The first-order chi connectivity index (χ1) is 7.36. The van der Waals surface area contributed by atoms with Crippen molar-refractivity contribution < 1.29 is 4.42 Å². The van der Waals surface area contributed by atoms with Crippen LogP contribution in [0.25, 0.3) is 21.9 Å². The summed E-state index contributed by atoms with van der Waals surface area (Å²) in [6, 6.07) is 16.1. The molecule has 0 amide bonds. The second-order valence-electron chi connectivity index (χ2n) is 3.42. The number of hydrogen-bond donors (Lipinski definition) is 0. The predicted octanol–water partition coefficient (Wildman–Crippen LogP) is 3.29. The predicted molar refractivity (Wildman–Crippen MR) is 62.7 cm³/mol. The molecule has 1 aromatic heterocycles. The molecule has 0 aliphatic heterocycles. The molecule has 15 heavy (non-hydrogen) atoms. The van der Waals surface area contributed by atoms with E-state index in [1.807, 2.05) is 36.4 Å². The molecular formula is C13H8OSe. The Bertz CT molecular complexity index is 640. The van der Waals surface area contributed by atoms with E-state index in [0.717, 1.165) is 26.0 Å². The molecule has 0 radical (unpaired) electrons. The molecule has 2 heteroatoms. The maximum absolute atomic E-state index is 5.81. The normalized spacial score (nSPS) is 10.9. The minimum atomic E-state index is 0.921. The van der Waals surface area contributed by atoms with Gasteiger partial charge in [0.2, 0.25) is 0 Å². The van der Waals surface area contributed by atoms with Gasteiger partial charge in [-0.1, -0.05) is 0 Å². The molecule has 0 N–H and O–H groups in total. The second kappa shape index (κ2) is 3.34. The molecule has 1 heterocycles.